The van der Waals surface area contributed by atoms with Gasteiger partial charge in [0.15, 0.2) is 5.96 Å². The predicted octanol–water partition coefficient (Wildman–Crippen LogP) is 3.17. The molecule has 2 aromatic rings. The molecule has 1 heterocycles. The summed E-state index contributed by atoms with van der Waals surface area (Å²) in [5.74, 6) is 1.15. The summed E-state index contributed by atoms with van der Waals surface area (Å²) in [6.07, 6.45) is 2.85. The molecule has 0 aliphatic rings. The van der Waals surface area contributed by atoms with Crippen molar-refractivity contribution in [3.8, 4) is 0 Å². The lowest BCUT2D eigenvalue weighted by Gasteiger charge is -2.11. The number of anilines is 1. The SMILES string of the molecule is CCNC(=NCCC(=O)Nc1ccc(C)cn1)NCCc1cccc(Cl)c1. The van der Waals surface area contributed by atoms with Gasteiger partial charge in [-0.15, -0.1) is 0 Å². The molecule has 1 amide bonds. The molecule has 144 valence electrons. The number of nitrogens with zero attached hydrogens (tertiary/aromatic N) is 2. The second-order valence-corrected chi connectivity index (χ2v) is 6.52. The van der Waals surface area contributed by atoms with E-state index >= 15 is 0 Å². The first kappa shape index (κ1) is 20.7. The first-order valence-electron chi connectivity index (χ1n) is 9.06. The quantitative estimate of drug-likeness (QED) is 0.480. The van der Waals surface area contributed by atoms with E-state index < -0.39 is 0 Å². The number of carbonyl (C=O) groups is 1. The maximum Gasteiger partial charge on any atom is 0.227 e. The van der Waals surface area contributed by atoms with E-state index in [4.69, 9.17) is 11.6 Å². The summed E-state index contributed by atoms with van der Waals surface area (Å²) in [4.78, 5) is 20.6. The monoisotopic (exact) mass is 387 g/mol. The highest BCUT2D eigenvalue weighted by atomic mass is 35.5. The molecule has 0 saturated carbocycles. The summed E-state index contributed by atoms with van der Waals surface area (Å²) in [5, 5.41) is 9.96. The molecule has 0 spiro atoms. The summed E-state index contributed by atoms with van der Waals surface area (Å²) in [6, 6.07) is 11.5. The van der Waals surface area contributed by atoms with E-state index in [1.807, 2.05) is 44.2 Å². The number of aromatic nitrogens is 1. The predicted molar refractivity (Wildman–Crippen MR) is 111 cm³/mol. The number of hydrogen-bond donors (Lipinski definition) is 3. The molecular formula is C20H26ClN5O. The molecule has 0 bridgehead atoms. The first-order chi connectivity index (χ1) is 13.1. The van der Waals surface area contributed by atoms with Crippen molar-refractivity contribution < 1.29 is 4.79 Å². The molecule has 0 unspecified atom stereocenters. The van der Waals surface area contributed by atoms with E-state index in [9.17, 15) is 4.79 Å². The molecule has 0 aliphatic heterocycles. The number of pyridine rings is 1. The van der Waals surface area contributed by atoms with Gasteiger partial charge in [-0.25, -0.2) is 4.98 Å². The Morgan fingerprint density at radius 3 is 2.78 bits per heavy atom. The van der Waals surface area contributed by atoms with Gasteiger partial charge in [-0.1, -0.05) is 29.8 Å². The van der Waals surface area contributed by atoms with E-state index in [-0.39, 0.29) is 5.91 Å². The van der Waals surface area contributed by atoms with Gasteiger partial charge in [0.25, 0.3) is 0 Å². The van der Waals surface area contributed by atoms with Crippen molar-refractivity contribution in [1.82, 2.24) is 15.6 Å². The highest BCUT2D eigenvalue weighted by molar-refractivity contribution is 6.30. The molecule has 27 heavy (non-hydrogen) atoms. The Bertz CT molecular complexity index is 761. The van der Waals surface area contributed by atoms with Crippen LogP contribution in [-0.2, 0) is 11.2 Å². The van der Waals surface area contributed by atoms with Gasteiger partial charge in [0, 0.05) is 30.7 Å². The van der Waals surface area contributed by atoms with Crippen molar-refractivity contribution in [2.24, 2.45) is 4.99 Å². The lowest BCUT2D eigenvalue weighted by atomic mass is 10.1. The minimum absolute atomic E-state index is 0.107. The third-order valence-corrected chi connectivity index (χ3v) is 3.96. The van der Waals surface area contributed by atoms with Crippen molar-refractivity contribution in [2.75, 3.05) is 25.0 Å². The average molecular weight is 388 g/mol. The van der Waals surface area contributed by atoms with Crippen LogP contribution in [0.25, 0.3) is 0 Å². The average Bonchev–Trinajstić information content (AvgIpc) is 2.64. The fourth-order valence-electron chi connectivity index (χ4n) is 2.38. The van der Waals surface area contributed by atoms with Crippen LogP contribution in [0.5, 0.6) is 0 Å². The second-order valence-electron chi connectivity index (χ2n) is 6.09. The molecule has 0 saturated heterocycles. The zero-order chi connectivity index (χ0) is 19.5. The Morgan fingerprint density at radius 1 is 1.22 bits per heavy atom. The Balaban J connectivity index is 1.76. The zero-order valence-electron chi connectivity index (χ0n) is 15.8. The summed E-state index contributed by atoms with van der Waals surface area (Å²) in [7, 11) is 0. The van der Waals surface area contributed by atoms with Gasteiger partial charge in [0.05, 0.1) is 6.54 Å². The van der Waals surface area contributed by atoms with E-state index in [2.05, 4.69) is 25.9 Å². The van der Waals surface area contributed by atoms with Crippen LogP contribution in [0.4, 0.5) is 5.82 Å². The van der Waals surface area contributed by atoms with Crippen LogP contribution in [0.2, 0.25) is 5.02 Å². The molecular weight excluding hydrogens is 362 g/mol. The summed E-state index contributed by atoms with van der Waals surface area (Å²) in [6.45, 7) is 5.83. The third kappa shape index (κ3) is 8.09. The Kier molecular flexibility index (Phi) is 8.58. The molecule has 0 fully saturated rings. The van der Waals surface area contributed by atoms with Crippen LogP contribution in [0.15, 0.2) is 47.6 Å². The molecule has 0 atom stereocenters. The Morgan fingerprint density at radius 2 is 2.07 bits per heavy atom. The van der Waals surface area contributed by atoms with Gasteiger partial charge < -0.3 is 16.0 Å². The molecule has 1 aromatic heterocycles. The third-order valence-electron chi connectivity index (χ3n) is 3.73. The number of benzene rings is 1. The summed E-state index contributed by atoms with van der Waals surface area (Å²) >= 11 is 6.00. The number of rotatable bonds is 8. The van der Waals surface area contributed by atoms with Crippen molar-refractivity contribution in [3.05, 3.63) is 58.7 Å². The molecule has 0 radical (unpaired) electrons. The van der Waals surface area contributed by atoms with Crippen molar-refractivity contribution in [2.45, 2.75) is 26.7 Å². The molecule has 3 N–H and O–H groups in total. The molecule has 6 nitrogen and oxygen atoms in total. The Labute approximate surface area is 165 Å². The number of aryl methyl sites for hydroxylation is 1. The summed E-state index contributed by atoms with van der Waals surface area (Å²) < 4.78 is 0. The minimum Gasteiger partial charge on any atom is -0.357 e. The van der Waals surface area contributed by atoms with Crippen LogP contribution < -0.4 is 16.0 Å². The normalized spacial score (nSPS) is 11.1. The van der Waals surface area contributed by atoms with Crippen LogP contribution in [0.1, 0.15) is 24.5 Å². The highest BCUT2D eigenvalue weighted by Crippen LogP contribution is 2.10. The van der Waals surface area contributed by atoms with E-state index in [1.54, 1.807) is 12.3 Å². The van der Waals surface area contributed by atoms with Gasteiger partial charge in [0.2, 0.25) is 5.91 Å². The fraction of sp³-hybridized carbons (Fsp3) is 0.350. The van der Waals surface area contributed by atoms with Crippen molar-refractivity contribution in [1.29, 1.82) is 0 Å². The number of hydrogen-bond acceptors (Lipinski definition) is 3. The number of aliphatic imine (C=N–C) groups is 1. The van der Waals surface area contributed by atoms with Crippen LogP contribution >= 0.6 is 11.6 Å². The second kappa shape index (κ2) is 11.2. The van der Waals surface area contributed by atoms with Gasteiger partial charge in [-0.05, 0) is 49.6 Å². The topological polar surface area (TPSA) is 78.4 Å². The number of amides is 1. The van der Waals surface area contributed by atoms with Crippen LogP contribution in [0, 0.1) is 6.92 Å². The lowest BCUT2D eigenvalue weighted by Crippen LogP contribution is -2.38. The Hall–Kier alpha value is -2.60. The molecule has 0 aliphatic carbocycles. The van der Waals surface area contributed by atoms with Crippen LogP contribution in [-0.4, -0.2) is 36.5 Å². The maximum absolute atomic E-state index is 12.0. The van der Waals surface area contributed by atoms with E-state index in [1.165, 1.54) is 0 Å². The number of carbonyl (C=O) groups excluding carboxylic acids is 1. The van der Waals surface area contributed by atoms with Gasteiger partial charge in [-0.3, -0.25) is 9.79 Å². The number of nitrogens with one attached hydrogen (secondary N) is 3. The standard InChI is InChI=1S/C20H26ClN5O/c1-3-22-20(23-11-9-16-5-4-6-17(21)13-16)24-12-10-19(27)26-18-8-7-15(2)14-25-18/h4-8,13-14H,3,9-12H2,1-2H3,(H2,22,23,24)(H,25,26,27). The smallest absolute Gasteiger partial charge is 0.227 e. The fourth-order valence-corrected chi connectivity index (χ4v) is 2.59. The molecule has 2 rings (SSSR count). The van der Waals surface area contributed by atoms with Gasteiger partial charge >= 0.3 is 0 Å². The maximum atomic E-state index is 12.0. The van der Waals surface area contributed by atoms with Crippen molar-refractivity contribution >= 4 is 29.3 Å². The van der Waals surface area contributed by atoms with Crippen molar-refractivity contribution in [3.63, 3.8) is 0 Å². The number of halogens is 1. The highest BCUT2D eigenvalue weighted by Gasteiger charge is 2.04. The first-order valence-corrected chi connectivity index (χ1v) is 9.43. The molecule has 7 heteroatoms. The largest absolute Gasteiger partial charge is 0.357 e. The summed E-state index contributed by atoms with van der Waals surface area (Å²) in [5.41, 5.74) is 2.22. The van der Waals surface area contributed by atoms with Gasteiger partial charge in [0.1, 0.15) is 5.82 Å². The van der Waals surface area contributed by atoms with Gasteiger partial charge in [-0.2, -0.15) is 0 Å². The van der Waals surface area contributed by atoms with Crippen LogP contribution in [0.3, 0.4) is 0 Å². The number of guanidine groups is 1. The van der Waals surface area contributed by atoms with E-state index in [0.717, 1.165) is 35.7 Å². The molecule has 1 aromatic carbocycles. The lowest BCUT2D eigenvalue weighted by molar-refractivity contribution is -0.116. The zero-order valence-corrected chi connectivity index (χ0v) is 16.5. The van der Waals surface area contributed by atoms with E-state index in [0.29, 0.717) is 24.7 Å². The minimum atomic E-state index is -0.107.